The quantitative estimate of drug-likeness (QED) is 0.213. The Balaban J connectivity index is 1.45. The largest absolute Gasteiger partial charge is 0.481 e. The lowest BCUT2D eigenvalue weighted by atomic mass is 9.96. The van der Waals surface area contributed by atoms with Gasteiger partial charge >= 0.3 is 5.97 Å². The Kier molecular flexibility index (Phi) is 7.29. The van der Waals surface area contributed by atoms with Gasteiger partial charge in [0.1, 0.15) is 0 Å². The van der Waals surface area contributed by atoms with Crippen LogP contribution in [0, 0.1) is 0 Å². The van der Waals surface area contributed by atoms with Crippen LogP contribution in [0.3, 0.4) is 0 Å². The first-order valence-electron chi connectivity index (χ1n) is 13.7. The number of carbonyl (C=O) groups excluding carboxylic acids is 1. The van der Waals surface area contributed by atoms with Crippen molar-refractivity contribution in [2.75, 3.05) is 0 Å². The summed E-state index contributed by atoms with van der Waals surface area (Å²) in [6, 6.07) is 44.9. The third-order valence-corrected chi connectivity index (χ3v) is 7.62. The van der Waals surface area contributed by atoms with E-state index in [1.165, 1.54) is 0 Å². The van der Waals surface area contributed by atoms with E-state index in [9.17, 15) is 14.7 Å². The number of hydrogen-bond acceptors (Lipinski definition) is 2. The maximum absolute atomic E-state index is 14.3. The van der Waals surface area contributed by atoms with Crippen LogP contribution in [0.15, 0.2) is 140 Å². The molecular weight excluding hydrogens is 506 g/mol. The van der Waals surface area contributed by atoms with Gasteiger partial charge in [0, 0.05) is 12.1 Å². The molecule has 6 aromatic carbocycles. The van der Waals surface area contributed by atoms with Gasteiger partial charge in [0.15, 0.2) is 0 Å². The predicted molar refractivity (Wildman–Crippen MR) is 165 cm³/mol. The minimum absolute atomic E-state index is 0.206. The molecule has 0 aliphatic carbocycles. The van der Waals surface area contributed by atoms with Gasteiger partial charge in [0.25, 0.3) is 5.91 Å². The van der Waals surface area contributed by atoms with E-state index >= 15 is 0 Å². The van der Waals surface area contributed by atoms with E-state index in [1.807, 2.05) is 140 Å². The molecule has 4 nitrogen and oxygen atoms in total. The molecule has 1 atom stereocenters. The Hall–Kier alpha value is -5.22. The van der Waals surface area contributed by atoms with E-state index < -0.39 is 12.0 Å². The Morgan fingerprint density at radius 3 is 2.00 bits per heavy atom. The van der Waals surface area contributed by atoms with Crippen LogP contribution < -0.4 is 0 Å². The number of benzene rings is 6. The molecule has 4 heteroatoms. The highest BCUT2D eigenvalue weighted by Gasteiger charge is 2.29. The minimum atomic E-state index is -0.962. The number of carboxylic acid groups (broad SMARTS) is 1. The second-order valence-corrected chi connectivity index (χ2v) is 10.2. The number of amides is 1. The van der Waals surface area contributed by atoms with Gasteiger partial charge in [-0.3, -0.25) is 9.59 Å². The van der Waals surface area contributed by atoms with Gasteiger partial charge in [-0.25, -0.2) is 0 Å². The number of carboxylic acids is 1. The summed E-state index contributed by atoms with van der Waals surface area (Å²) in [5.41, 5.74) is 4.38. The molecule has 0 spiro atoms. The highest BCUT2D eigenvalue weighted by Crippen LogP contribution is 2.32. The summed E-state index contributed by atoms with van der Waals surface area (Å²) >= 11 is 0. The van der Waals surface area contributed by atoms with Crippen LogP contribution in [0.1, 0.15) is 33.9 Å². The van der Waals surface area contributed by atoms with Gasteiger partial charge in [-0.05, 0) is 55.9 Å². The van der Waals surface area contributed by atoms with E-state index in [2.05, 4.69) is 0 Å². The molecular formula is C37H29NO3. The fraction of sp³-hybridized carbons (Fsp3) is 0.0811. The van der Waals surface area contributed by atoms with Crippen LogP contribution in [0.2, 0.25) is 0 Å². The first kappa shape index (κ1) is 26.0. The lowest BCUT2D eigenvalue weighted by Crippen LogP contribution is -2.36. The van der Waals surface area contributed by atoms with E-state index in [4.69, 9.17) is 0 Å². The van der Waals surface area contributed by atoms with E-state index in [0.29, 0.717) is 5.56 Å². The standard InChI is InChI=1S/C37H29NO3/c39-36(40)24-35(30-20-17-28(18-21-30)26-9-2-1-3-10-26)38(25-33-15-8-14-29-12-6-7-16-34(29)33)37(41)32-22-19-27-11-4-5-13-31(27)23-32/h1-23,35H,24-25H2,(H,39,40). The van der Waals surface area contributed by atoms with Gasteiger partial charge in [0.05, 0.1) is 12.5 Å². The number of nitrogens with zero attached hydrogens (tertiary/aromatic N) is 1. The van der Waals surface area contributed by atoms with Gasteiger partial charge in [-0.2, -0.15) is 0 Å². The summed E-state index contributed by atoms with van der Waals surface area (Å²) in [5, 5.41) is 14.1. The molecule has 0 aliphatic heterocycles. The molecule has 0 saturated heterocycles. The first-order chi connectivity index (χ1) is 20.1. The second-order valence-electron chi connectivity index (χ2n) is 10.2. The molecule has 6 rings (SSSR count). The Morgan fingerprint density at radius 2 is 1.24 bits per heavy atom. The number of carbonyl (C=O) groups is 2. The van der Waals surface area contributed by atoms with Crippen LogP contribution in [0.5, 0.6) is 0 Å². The Bertz CT molecular complexity index is 1840. The average Bonchev–Trinajstić information content (AvgIpc) is 3.02. The van der Waals surface area contributed by atoms with Crippen LogP contribution in [0.25, 0.3) is 32.7 Å². The number of aliphatic carboxylic acids is 1. The van der Waals surface area contributed by atoms with Crippen molar-refractivity contribution in [1.82, 2.24) is 4.90 Å². The molecule has 0 radical (unpaired) electrons. The Labute approximate surface area is 239 Å². The van der Waals surface area contributed by atoms with Crippen molar-refractivity contribution < 1.29 is 14.7 Å². The van der Waals surface area contributed by atoms with Crippen LogP contribution in [-0.2, 0) is 11.3 Å². The molecule has 0 heterocycles. The zero-order valence-electron chi connectivity index (χ0n) is 22.5. The molecule has 0 saturated carbocycles. The summed E-state index contributed by atoms with van der Waals surface area (Å²) in [4.78, 5) is 28.3. The molecule has 1 unspecified atom stereocenters. The van der Waals surface area contributed by atoms with E-state index in [-0.39, 0.29) is 18.9 Å². The second kappa shape index (κ2) is 11.5. The van der Waals surface area contributed by atoms with Crippen molar-refractivity contribution in [2.24, 2.45) is 0 Å². The molecule has 41 heavy (non-hydrogen) atoms. The molecule has 1 amide bonds. The van der Waals surface area contributed by atoms with Crippen LogP contribution in [-0.4, -0.2) is 21.9 Å². The molecule has 0 aromatic heterocycles. The minimum Gasteiger partial charge on any atom is -0.481 e. The summed E-state index contributed by atoms with van der Waals surface area (Å²) in [6.07, 6.45) is -0.214. The summed E-state index contributed by atoms with van der Waals surface area (Å²) in [7, 11) is 0. The number of rotatable bonds is 8. The van der Waals surface area contributed by atoms with Crippen molar-refractivity contribution >= 4 is 33.4 Å². The molecule has 0 aliphatic rings. The summed E-state index contributed by atoms with van der Waals surface area (Å²) < 4.78 is 0. The number of hydrogen-bond donors (Lipinski definition) is 1. The summed E-state index contributed by atoms with van der Waals surface area (Å²) in [6.45, 7) is 0.269. The maximum atomic E-state index is 14.3. The lowest BCUT2D eigenvalue weighted by Gasteiger charge is -2.32. The first-order valence-corrected chi connectivity index (χ1v) is 13.7. The number of fused-ring (bicyclic) bond motifs is 2. The van der Waals surface area contributed by atoms with Crippen LogP contribution >= 0.6 is 0 Å². The highest BCUT2D eigenvalue weighted by atomic mass is 16.4. The van der Waals surface area contributed by atoms with Gasteiger partial charge in [-0.1, -0.05) is 127 Å². The zero-order valence-corrected chi connectivity index (χ0v) is 22.5. The normalized spacial score (nSPS) is 11.8. The van der Waals surface area contributed by atoms with Crippen molar-refractivity contribution in [3.8, 4) is 11.1 Å². The van der Waals surface area contributed by atoms with E-state index in [0.717, 1.165) is 43.8 Å². The fourth-order valence-electron chi connectivity index (χ4n) is 5.53. The third-order valence-electron chi connectivity index (χ3n) is 7.62. The summed E-state index contributed by atoms with van der Waals surface area (Å²) in [5.74, 6) is -1.17. The lowest BCUT2D eigenvalue weighted by molar-refractivity contribution is -0.138. The van der Waals surface area contributed by atoms with Crippen molar-refractivity contribution in [1.29, 1.82) is 0 Å². The van der Waals surface area contributed by atoms with Crippen molar-refractivity contribution in [2.45, 2.75) is 19.0 Å². The van der Waals surface area contributed by atoms with Gasteiger partial charge in [-0.15, -0.1) is 0 Å². The van der Waals surface area contributed by atoms with E-state index in [1.54, 1.807) is 4.90 Å². The molecule has 6 aromatic rings. The predicted octanol–water partition coefficient (Wildman–Crippen LogP) is 8.52. The molecule has 0 bridgehead atoms. The molecule has 200 valence electrons. The molecule has 0 fully saturated rings. The maximum Gasteiger partial charge on any atom is 0.305 e. The van der Waals surface area contributed by atoms with Crippen molar-refractivity contribution in [3.05, 3.63) is 156 Å². The molecule has 1 N–H and O–H groups in total. The van der Waals surface area contributed by atoms with Gasteiger partial charge in [0.2, 0.25) is 0 Å². The zero-order chi connectivity index (χ0) is 28.2. The van der Waals surface area contributed by atoms with Crippen molar-refractivity contribution in [3.63, 3.8) is 0 Å². The smallest absolute Gasteiger partial charge is 0.305 e. The SMILES string of the molecule is O=C(O)CC(c1ccc(-c2ccccc2)cc1)N(Cc1cccc2ccccc12)C(=O)c1ccc2ccccc2c1. The van der Waals surface area contributed by atoms with Crippen LogP contribution in [0.4, 0.5) is 0 Å². The fourth-order valence-corrected chi connectivity index (χ4v) is 5.53. The third kappa shape index (κ3) is 5.59. The average molecular weight is 536 g/mol. The Morgan fingerprint density at radius 1 is 0.610 bits per heavy atom. The highest BCUT2D eigenvalue weighted by molar-refractivity contribution is 5.99. The topological polar surface area (TPSA) is 57.6 Å². The monoisotopic (exact) mass is 535 g/mol. The van der Waals surface area contributed by atoms with Gasteiger partial charge < -0.3 is 10.0 Å².